The summed E-state index contributed by atoms with van der Waals surface area (Å²) in [6, 6.07) is 6.20. The van der Waals surface area contributed by atoms with E-state index in [1.165, 1.54) is 12.8 Å². The molecule has 2 rings (SSSR count). The van der Waals surface area contributed by atoms with Crippen LogP contribution in [-0.4, -0.2) is 36.5 Å². The topological polar surface area (TPSA) is 58.4 Å². The number of rotatable bonds is 6. The molecule has 1 aliphatic carbocycles. The summed E-state index contributed by atoms with van der Waals surface area (Å²) in [5.74, 6) is -0.0309. The van der Waals surface area contributed by atoms with Gasteiger partial charge in [0.05, 0.1) is 0 Å². The second-order valence-corrected chi connectivity index (χ2v) is 5.14. The quantitative estimate of drug-likeness (QED) is 0.768. The van der Waals surface area contributed by atoms with Crippen molar-refractivity contribution in [2.45, 2.75) is 32.7 Å². The van der Waals surface area contributed by atoms with Crippen molar-refractivity contribution in [2.24, 2.45) is 0 Å². The van der Waals surface area contributed by atoms with E-state index >= 15 is 0 Å². The van der Waals surface area contributed by atoms with Gasteiger partial charge < -0.3 is 11.1 Å². The second-order valence-electron chi connectivity index (χ2n) is 5.14. The van der Waals surface area contributed by atoms with Gasteiger partial charge in [-0.2, -0.15) is 0 Å². The number of likely N-dealkylation sites (N-methyl/N-ethyl adjacent to an activating group) is 1. The molecule has 1 amide bonds. The molecular formula is C15H23N3O. The highest BCUT2D eigenvalue weighted by molar-refractivity contribution is 5.96. The molecule has 1 saturated carbocycles. The highest BCUT2D eigenvalue weighted by Crippen LogP contribution is 2.25. The fraction of sp³-hybridized carbons (Fsp3) is 0.533. The number of hydrogen-bond donors (Lipinski definition) is 2. The largest absolute Gasteiger partial charge is 0.398 e. The Morgan fingerprint density at radius 2 is 2.21 bits per heavy atom. The van der Waals surface area contributed by atoms with Crippen LogP contribution in [0.5, 0.6) is 0 Å². The van der Waals surface area contributed by atoms with Crippen LogP contribution >= 0.6 is 0 Å². The lowest BCUT2D eigenvalue weighted by atomic mass is 10.1. The molecule has 1 aromatic carbocycles. The van der Waals surface area contributed by atoms with Gasteiger partial charge >= 0.3 is 0 Å². The molecule has 0 radical (unpaired) electrons. The zero-order valence-corrected chi connectivity index (χ0v) is 11.8. The van der Waals surface area contributed by atoms with Crippen molar-refractivity contribution in [1.29, 1.82) is 0 Å². The lowest BCUT2D eigenvalue weighted by Crippen LogP contribution is -2.36. The lowest BCUT2D eigenvalue weighted by Gasteiger charge is -2.20. The van der Waals surface area contributed by atoms with Gasteiger partial charge in [-0.1, -0.05) is 13.0 Å². The fourth-order valence-electron chi connectivity index (χ4n) is 2.35. The molecule has 1 aliphatic rings. The molecule has 4 nitrogen and oxygen atoms in total. The molecule has 0 atom stereocenters. The zero-order valence-electron chi connectivity index (χ0n) is 11.8. The van der Waals surface area contributed by atoms with E-state index in [0.717, 1.165) is 24.7 Å². The fourth-order valence-corrected chi connectivity index (χ4v) is 2.35. The molecule has 0 aliphatic heterocycles. The number of amides is 1. The number of nitrogens with two attached hydrogens (primary N) is 1. The third kappa shape index (κ3) is 3.47. The van der Waals surface area contributed by atoms with Crippen molar-refractivity contribution >= 4 is 11.6 Å². The lowest BCUT2D eigenvalue weighted by molar-refractivity contribution is 0.0947. The molecule has 0 saturated heterocycles. The third-order valence-electron chi connectivity index (χ3n) is 3.77. The standard InChI is InChI=1S/C15H23N3O/c1-3-18(12-7-8-12)10-9-17-15(19)13-5-4-6-14(16)11(13)2/h4-6,12H,3,7-10,16H2,1-2H3,(H,17,19). The van der Waals surface area contributed by atoms with Crippen LogP contribution in [0.1, 0.15) is 35.7 Å². The number of anilines is 1. The van der Waals surface area contributed by atoms with Gasteiger partial charge in [0.15, 0.2) is 0 Å². The molecule has 1 fully saturated rings. The van der Waals surface area contributed by atoms with Crippen molar-refractivity contribution in [1.82, 2.24) is 10.2 Å². The maximum absolute atomic E-state index is 12.1. The average Bonchev–Trinajstić information content (AvgIpc) is 3.22. The summed E-state index contributed by atoms with van der Waals surface area (Å²) in [5.41, 5.74) is 8.02. The number of nitrogen functional groups attached to an aromatic ring is 1. The van der Waals surface area contributed by atoms with E-state index in [9.17, 15) is 4.79 Å². The Kier molecular flexibility index (Phi) is 4.43. The predicted molar refractivity (Wildman–Crippen MR) is 78.2 cm³/mol. The highest BCUT2D eigenvalue weighted by atomic mass is 16.1. The van der Waals surface area contributed by atoms with E-state index in [0.29, 0.717) is 17.8 Å². The van der Waals surface area contributed by atoms with E-state index in [4.69, 9.17) is 5.73 Å². The molecular weight excluding hydrogens is 238 g/mol. The van der Waals surface area contributed by atoms with E-state index in [1.54, 1.807) is 0 Å². The minimum absolute atomic E-state index is 0.0309. The molecule has 0 heterocycles. The Bertz CT molecular complexity index is 455. The molecule has 0 aromatic heterocycles. The third-order valence-corrected chi connectivity index (χ3v) is 3.77. The Morgan fingerprint density at radius 1 is 1.47 bits per heavy atom. The van der Waals surface area contributed by atoms with Gasteiger partial charge in [0.2, 0.25) is 0 Å². The molecule has 19 heavy (non-hydrogen) atoms. The van der Waals surface area contributed by atoms with Crippen molar-refractivity contribution < 1.29 is 4.79 Å². The van der Waals surface area contributed by atoms with Gasteiger partial charge in [0, 0.05) is 30.4 Å². The normalized spacial score (nSPS) is 14.7. The van der Waals surface area contributed by atoms with Crippen LogP contribution in [0.2, 0.25) is 0 Å². The van der Waals surface area contributed by atoms with Crippen LogP contribution in [0.25, 0.3) is 0 Å². The van der Waals surface area contributed by atoms with Crippen molar-refractivity contribution in [2.75, 3.05) is 25.4 Å². The number of nitrogens with one attached hydrogen (secondary N) is 1. The van der Waals surface area contributed by atoms with Crippen LogP contribution in [0.15, 0.2) is 18.2 Å². The van der Waals surface area contributed by atoms with Crippen molar-refractivity contribution in [3.05, 3.63) is 29.3 Å². The van der Waals surface area contributed by atoms with Crippen LogP contribution in [0.3, 0.4) is 0 Å². The van der Waals surface area contributed by atoms with Gasteiger partial charge in [0.25, 0.3) is 5.91 Å². The zero-order chi connectivity index (χ0) is 13.8. The summed E-state index contributed by atoms with van der Waals surface area (Å²) in [5, 5.41) is 2.98. The van der Waals surface area contributed by atoms with Crippen molar-refractivity contribution in [3.63, 3.8) is 0 Å². The summed E-state index contributed by atoms with van der Waals surface area (Å²) in [4.78, 5) is 14.5. The highest BCUT2D eigenvalue weighted by Gasteiger charge is 2.27. The van der Waals surface area contributed by atoms with Gasteiger partial charge in [0.1, 0.15) is 0 Å². The van der Waals surface area contributed by atoms with Crippen LogP contribution in [-0.2, 0) is 0 Å². The average molecular weight is 261 g/mol. The summed E-state index contributed by atoms with van der Waals surface area (Å²) >= 11 is 0. The summed E-state index contributed by atoms with van der Waals surface area (Å²) in [6.45, 7) is 6.72. The van der Waals surface area contributed by atoms with Gasteiger partial charge in [-0.3, -0.25) is 9.69 Å². The van der Waals surface area contributed by atoms with Gasteiger partial charge in [-0.25, -0.2) is 0 Å². The smallest absolute Gasteiger partial charge is 0.251 e. The van der Waals surface area contributed by atoms with E-state index < -0.39 is 0 Å². The van der Waals surface area contributed by atoms with Crippen LogP contribution in [0.4, 0.5) is 5.69 Å². The first-order valence-corrected chi connectivity index (χ1v) is 7.00. The summed E-state index contributed by atoms with van der Waals surface area (Å²) in [6.07, 6.45) is 2.60. The molecule has 0 unspecified atom stereocenters. The number of carbonyl (C=O) groups is 1. The molecule has 1 aromatic rings. The number of carbonyl (C=O) groups excluding carboxylic acids is 1. The Labute approximate surface area is 115 Å². The van der Waals surface area contributed by atoms with E-state index in [2.05, 4.69) is 17.1 Å². The Hall–Kier alpha value is -1.55. The first kappa shape index (κ1) is 13.9. The number of hydrogen-bond acceptors (Lipinski definition) is 3. The second kappa shape index (κ2) is 6.06. The maximum Gasteiger partial charge on any atom is 0.251 e. The predicted octanol–water partition coefficient (Wildman–Crippen LogP) is 1.79. The first-order valence-electron chi connectivity index (χ1n) is 7.00. The Balaban J connectivity index is 1.85. The summed E-state index contributed by atoms with van der Waals surface area (Å²) in [7, 11) is 0. The first-order chi connectivity index (χ1) is 9.13. The molecule has 104 valence electrons. The summed E-state index contributed by atoms with van der Waals surface area (Å²) < 4.78 is 0. The van der Waals surface area contributed by atoms with Crippen molar-refractivity contribution in [3.8, 4) is 0 Å². The molecule has 4 heteroatoms. The molecule has 0 bridgehead atoms. The molecule has 0 spiro atoms. The van der Waals surface area contributed by atoms with Crippen LogP contribution < -0.4 is 11.1 Å². The van der Waals surface area contributed by atoms with Gasteiger partial charge in [-0.15, -0.1) is 0 Å². The van der Waals surface area contributed by atoms with E-state index in [-0.39, 0.29) is 5.91 Å². The van der Waals surface area contributed by atoms with Crippen LogP contribution in [0, 0.1) is 6.92 Å². The van der Waals surface area contributed by atoms with E-state index in [1.807, 2.05) is 25.1 Å². The minimum Gasteiger partial charge on any atom is -0.398 e. The number of nitrogens with zero attached hydrogens (tertiary/aromatic N) is 1. The molecule has 3 N–H and O–H groups in total. The maximum atomic E-state index is 12.1. The number of benzene rings is 1. The SMILES string of the molecule is CCN(CCNC(=O)c1cccc(N)c1C)C1CC1. The monoisotopic (exact) mass is 261 g/mol. The Morgan fingerprint density at radius 3 is 2.84 bits per heavy atom. The van der Waals surface area contributed by atoms with Gasteiger partial charge in [-0.05, 0) is 44.0 Å². The minimum atomic E-state index is -0.0309.